The van der Waals surface area contributed by atoms with Gasteiger partial charge in [0.05, 0.1) is 23.4 Å². The molecular formula is C15H18N2O3S. The molecule has 6 heteroatoms. The summed E-state index contributed by atoms with van der Waals surface area (Å²) in [5.74, 6) is 0.618. The minimum atomic E-state index is -3.16. The number of hydrogen-bond acceptors (Lipinski definition) is 5. The van der Waals surface area contributed by atoms with Crippen molar-refractivity contribution in [2.45, 2.75) is 11.4 Å². The summed E-state index contributed by atoms with van der Waals surface area (Å²) in [4.78, 5) is 0.312. The molecule has 21 heavy (non-hydrogen) atoms. The summed E-state index contributed by atoms with van der Waals surface area (Å²) in [5, 5.41) is 3.21. The highest BCUT2D eigenvalue weighted by Crippen LogP contribution is 2.29. The molecule has 0 fully saturated rings. The molecule has 3 N–H and O–H groups in total. The summed E-state index contributed by atoms with van der Waals surface area (Å²) in [6, 6.07) is 12.3. The molecule has 2 aromatic carbocycles. The smallest absolute Gasteiger partial charge is 0.175 e. The van der Waals surface area contributed by atoms with E-state index in [-0.39, 0.29) is 0 Å². The number of nitrogens with two attached hydrogens (primary N) is 1. The molecule has 5 nitrogen and oxygen atoms in total. The lowest BCUT2D eigenvalue weighted by molar-refractivity contribution is 0.417. The van der Waals surface area contributed by atoms with Gasteiger partial charge in [0.25, 0.3) is 0 Å². The van der Waals surface area contributed by atoms with Crippen LogP contribution in [0, 0.1) is 0 Å². The number of rotatable bonds is 5. The molecule has 0 radical (unpaired) electrons. The number of methoxy groups -OCH3 is 1. The maximum Gasteiger partial charge on any atom is 0.175 e. The van der Waals surface area contributed by atoms with Gasteiger partial charge in [-0.3, -0.25) is 0 Å². The van der Waals surface area contributed by atoms with Gasteiger partial charge in [-0.05, 0) is 29.8 Å². The Hall–Kier alpha value is -2.21. The molecule has 0 heterocycles. The summed E-state index contributed by atoms with van der Waals surface area (Å²) in [5.41, 5.74) is 8.26. The lowest BCUT2D eigenvalue weighted by Gasteiger charge is -2.12. The molecule has 0 aromatic heterocycles. The quantitative estimate of drug-likeness (QED) is 0.828. The fourth-order valence-corrected chi connectivity index (χ4v) is 2.56. The summed E-state index contributed by atoms with van der Waals surface area (Å²) < 4.78 is 27.9. The van der Waals surface area contributed by atoms with Crippen molar-refractivity contribution in [3.05, 3.63) is 48.0 Å². The average Bonchev–Trinajstić information content (AvgIpc) is 2.46. The zero-order valence-electron chi connectivity index (χ0n) is 12.0. The number of sulfone groups is 1. The van der Waals surface area contributed by atoms with Crippen molar-refractivity contribution < 1.29 is 13.2 Å². The Kier molecular flexibility index (Phi) is 4.37. The first-order chi connectivity index (χ1) is 9.91. The van der Waals surface area contributed by atoms with Crippen molar-refractivity contribution in [1.29, 1.82) is 0 Å². The van der Waals surface area contributed by atoms with Crippen molar-refractivity contribution in [3.8, 4) is 5.75 Å². The summed E-state index contributed by atoms with van der Waals surface area (Å²) >= 11 is 0. The van der Waals surface area contributed by atoms with Crippen molar-refractivity contribution in [2.75, 3.05) is 24.4 Å². The van der Waals surface area contributed by atoms with Crippen LogP contribution in [-0.2, 0) is 16.4 Å². The van der Waals surface area contributed by atoms with Gasteiger partial charge in [-0.1, -0.05) is 18.2 Å². The van der Waals surface area contributed by atoms with E-state index in [9.17, 15) is 8.42 Å². The van der Waals surface area contributed by atoms with Gasteiger partial charge in [-0.2, -0.15) is 0 Å². The van der Waals surface area contributed by atoms with Crippen molar-refractivity contribution in [2.24, 2.45) is 0 Å². The predicted molar refractivity (Wildman–Crippen MR) is 84.3 cm³/mol. The van der Waals surface area contributed by atoms with Crippen LogP contribution in [0.1, 0.15) is 5.56 Å². The van der Waals surface area contributed by atoms with Crippen LogP contribution in [0.25, 0.3) is 0 Å². The van der Waals surface area contributed by atoms with E-state index in [1.807, 2.05) is 12.1 Å². The normalized spacial score (nSPS) is 11.1. The Bertz CT molecular complexity index is 725. The number of anilines is 2. The van der Waals surface area contributed by atoms with Gasteiger partial charge in [-0.25, -0.2) is 8.42 Å². The molecule has 0 amide bonds. The standard InChI is InChI=1S/C15H18N2O3S/c1-20-14-5-3-4-13(15(14)16)17-10-11-6-8-12(9-7-11)21(2,18)19/h3-9,17H,10,16H2,1-2H3. The largest absolute Gasteiger partial charge is 0.495 e. The summed E-state index contributed by atoms with van der Waals surface area (Å²) in [7, 11) is -1.59. The first-order valence-electron chi connectivity index (χ1n) is 6.37. The van der Waals surface area contributed by atoms with E-state index in [4.69, 9.17) is 10.5 Å². The van der Waals surface area contributed by atoms with E-state index < -0.39 is 9.84 Å². The van der Waals surface area contributed by atoms with E-state index in [0.29, 0.717) is 22.9 Å². The summed E-state index contributed by atoms with van der Waals surface area (Å²) in [6.45, 7) is 0.543. The Labute approximate surface area is 124 Å². The van der Waals surface area contributed by atoms with Crippen molar-refractivity contribution in [3.63, 3.8) is 0 Å². The number of para-hydroxylation sites is 1. The van der Waals surface area contributed by atoms with E-state index in [0.717, 1.165) is 11.3 Å². The van der Waals surface area contributed by atoms with Gasteiger partial charge in [0.15, 0.2) is 9.84 Å². The second kappa shape index (κ2) is 6.05. The second-order valence-corrected chi connectivity index (χ2v) is 6.71. The van der Waals surface area contributed by atoms with Crippen molar-refractivity contribution >= 4 is 21.2 Å². The molecule has 0 aliphatic carbocycles. The van der Waals surface area contributed by atoms with Gasteiger partial charge in [0.1, 0.15) is 5.75 Å². The third-order valence-electron chi connectivity index (χ3n) is 3.12. The van der Waals surface area contributed by atoms with E-state index in [2.05, 4.69) is 5.32 Å². The maximum atomic E-state index is 11.4. The second-order valence-electron chi connectivity index (χ2n) is 4.69. The molecule has 0 saturated heterocycles. The molecule has 0 aliphatic heterocycles. The Balaban J connectivity index is 2.10. The van der Waals surface area contributed by atoms with Crippen LogP contribution < -0.4 is 15.8 Å². The van der Waals surface area contributed by atoms with Crippen LogP contribution in [0.4, 0.5) is 11.4 Å². The van der Waals surface area contributed by atoms with Crippen LogP contribution >= 0.6 is 0 Å². The van der Waals surface area contributed by atoms with E-state index in [1.54, 1.807) is 37.4 Å². The molecule has 2 rings (SSSR count). The Morgan fingerprint density at radius 2 is 1.81 bits per heavy atom. The minimum Gasteiger partial charge on any atom is -0.495 e. The monoisotopic (exact) mass is 306 g/mol. The number of benzene rings is 2. The van der Waals surface area contributed by atoms with Crippen LogP contribution in [0.15, 0.2) is 47.4 Å². The maximum absolute atomic E-state index is 11.4. The van der Waals surface area contributed by atoms with Crippen LogP contribution in [0.5, 0.6) is 5.75 Å². The molecule has 0 atom stereocenters. The zero-order valence-corrected chi connectivity index (χ0v) is 12.8. The van der Waals surface area contributed by atoms with Crippen LogP contribution in [0.2, 0.25) is 0 Å². The minimum absolute atomic E-state index is 0.312. The summed E-state index contributed by atoms with van der Waals surface area (Å²) in [6.07, 6.45) is 1.19. The molecule has 0 bridgehead atoms. The lowest BCUT2D eigenvalue weighted by atomic mass is 10.2. The number of ether oxygens (including phenoxy) is 1. The highest BCUT2D eigenvalue weighted by Gasteiger charge is 2.07. The van der Waals surface area contributed by atoms with E-state index in [1.165, 1.54) is 6.26 Å². The highest BCUT2D eigenvalue weighted by atomic mass is 32.2. The lowest BCUT2D eigenvalue weighted by Crippen LogP contribution is -2.04. The fourth-order valence-electron chi connectivity index (χ4n) is 1.93. The number of nitrogens with one attached hydrogen (secondary N) is 1. The molecule has 0 spiro atoms. The molecular weight excluding hydrogens is 288 g/mol. The average molecular weight is 306 g/mol. The van der Waals surface area contributed by atoms with Gasteiger partial charge in [-0.15, -0.1) is 0 Å². The molecule has 0 unspecified atom stereocenters. The third kappa shape index (κ3) is 3.66. The Morgan fingerprint density at radius 1 is 1.14 bits per heavy atom. The van der Waals surface area contributed by atoms with Gasteiger partial charge >= 0.3 is 0 Å². The number of hydrogen-bond donors (Lipinski definition) is 2. The first kappa shape index (κ1) is 15.2. The first-order valence-corrected chi connectivity index (χ1v) is 8.26. The molecule has 0 aliphatic rings. The fraction of sp³-hybridized carbons (Fsp3) is 0.200. The molecule has 0 saturated carbocycles. The highest BCUT2D eigenvalue weighted by molar-refractivity contribution is 7.90. The van der Waals surface area contributed by atoms with Crippen LogP contribution in [0.3, 0.4) is 0 Å². The van der Waals surface area contributed by atoms with Gasteiger partial charge < -0.3 is 15.8 Å². The number of nitrogen functional groups attached to an aromatic ring is 1. The molecule has 112 valence electrons. The Morgan fingerprint density at radius 3 is 2.38 bits per heavy atom. The van der Waals surface area contributed by atoms with Crippen LogP contribution in [-0.4, -0.2) is 21.8 Å². The topological polar surface area (TPSA) is 81.4 Å². The third-order valence-corrected chi connectivity index (χ3v) is 4.25. The van der Waals surface area contributed by atoms with E-state index >= 15 is 0 Å². The van der Waals surface area contributed by atoms with Gasteiger partial charge in [0, 0.05) is 12.8 Å². The predicted octanol–water partition coefficient (Wildman–Crippen LogP) is 2.29. The molecule has 2 aromatic rings. The van der Waals surface area contributed by atoms with Gasteiger partial charge in [0.2, 0.25) is 0 Å². The zero-order chi connectivity index (χ0) is 15.5. The van der Waals surface area contributed by atoms with Crippen molar-refractivity contribution in [1.82, 2.24) is 0 Å². The SMILES string of the molecule is COc1cccc(NCc2ccc(S(C)(=O)=O)cc2)c1N.